The van der Waals surface area contributed by atoms with Gasteiger partial charge in [-0.1, -0.05) is 11.2 Å². The molecule has 1 aromatic rings. The molecule has 0 aliphatic carbocycles. The molecular formula is C8H7N2O. The predicted octanol–water partition coefficient (Wildman–Crippen LogP) is 1.41. The molecule has 0 saturated carbocycles. The van der Waals surface area contributed by atoms with Crippen LogP contribution in [0.5, 0.6) is 0 Å². The first-order valence-electron chi connectivity index (χ1n) is 3.46. The molecule has 0 aromatic carbocycles. The Balaban J connectivity index is 2.17. The van der Waals surface area contributed by atoms with E-state index in [4.69, 9.17) is 4.84 Å². The summed E-state index contributed by atoms with van der Waals surface area (Å²) in [5.74, 6) is 0. The van der Waals surface area contributed by atoms with Gasteiger partial charge >= 0.3 is 0 Å². The van der Waals surface area contributed by atoms with Gasteiger partial charge in [-0.25, -0.2) is 0 Å². The standard InChI is InChI=1S/C8H7N2O/c1-2-5-9-7(3-1)8-4-6-10-11-8/h1-3,5,8H,4H2. The highest BCUT2D eigenvalue weighted by Gasteiger charge is 2.16. The van der Waals surface area contributed by atoms with Crippen molar-refractivity contribution >= 4 is 6.21 Å². The summed E-state index contributed by atoms with van der Waals surface area (Å²) in [5.41, 5.74) is 0.918. The van der Waals surface area contributed by atoms with Gasteiger partial charge in [0.1, 0.15) is 6.21 Å². The first-order valence-corrected chi connectivity index (χ1v) is 3.46. The minimum absolute atomic E-state index is 0.0174. The number of aromatic nitrogens is 1. The maximum Gasteiger partial charge on any atom is 0.175 e. The lowest BCUT2D eigenvalue weighted by molar-refractivity contribution is 0.0826. The van der Waals surface area contributed by atoms with E-state index in [1.165, 1.54) is 0 Å². The molecule has 0 N–H and O–H groups in total. The van der Waals surface area contributed by atoms with Crippen molar-refractivity contribution in [1.82, 2.24) is 4.98 Å². The third-order valence-electron chi connectivity index (χ3n) is 1.54. The summed E-state index contributed by atoms with van der Waals surface area (Å²) in [6.45, 7) is 0. The largest absolute Gasteiger partial charge is 0.385 e. The van der Waals surface area contributed by atoms with E-state index >= 15 is 0 Å². The quantitative estimate of drug-likeness (QED) is 0.601. The van der Waals surface area contributed by atoms with Crippen molar-refractivity contribution in [2.45, 2.75) is 12.5 Å². The fourth-order valence-electron chi connectivity index (χ4n) is 0.983. The van der Waals surface area contributed by atoms with E-state index in [-0.39, 0.29) is 6.10 Å². The van der Waals surface area contributed by atoms with Crippen LogP contribution in [0.2, 0.25) is 0 Å². The summed E-state index contributed by atoms with van der Waals surface area (Å²) in [4.78, 5) is 9.13. The summed E-state index contributed by atoms with van der Waals surface area (Å²) >= 11 is 0. The van der Waals surface area contributed by atoms with Gasteiger partial charge in [-0.05, 0) is 12.1 Å². The zero-order valence-electron chi connectivity index (χ0n) is 5.90. The SMILES string of the molecule is [C]1=NOC(c2ccccn2)C1. The molecule has 1 unspecified atom stereocenters. The molecule has 1 atom stereocenters. The molecule has 0 spiro atoms. The maximum atomic E-state index is 4.99. The monoisotopic (exact) mass is 147 g/mol. The van der Waals surface area contributed by atoms with Crippen molar-refractivity contribution in [3.05, 3.63) is 30.1 Å². The lowest BCUT2D eigenvalue weighted by atomic mass is 10.2. The second-order valence-electron chi connectivity index (χ2n) is 2.30. The van der Waals surface area contributed by atoms with Crippen molar-refractivity contribution < 1.29 is 4.84 Å². The second-order valence-corrected chi connectivity index (χ2v) is 2.30. The third kappa shape index (κ3) is 1.22. The number of nitrogens with zero attached hydrogens (tertiary/aromatic N) is 2. The molecule has 11 heavy (non-hydrogen) atoms. The molecule has 1 aromatic heterocycles. The molecule has 2 rings (SSSR count). The molecule has 55 valence electrons. The molecule has 1 aliphatic heterocycles. The van der Waals surface area contributed by atoms with Gasteiger partial charge < -0.3 is 4.84 Å². The minimum atomic E-state index is -0.0174. The fourth-order valence-corrected chi connectivity index (χ4v) is 0.983. The van der Waals surface area contributed by atoms with E-state index in [0.717, 1.165) is 5.69 Å². The van der Waals surface area contributed by atoms with Crippen LogP contribution in [0.1, 0.15) is 18.2 Å². The van der Waals surface area contributed by atoms with Crippen LogP contribution in [-0.2, 0) is 4.84 Å². The van der Waals surface area contributed by atoms with Gasteiger partial charge in [-0.15, -0.1) is 0 Å². The average molecular weight is 147 g/mol. The minimum Gasteiger partial charge on any atom is -0.385 e. The van der Waals surface area contributed by atoms with E-state index in [2.05, 4.69) is 16.4 Å². The zero-order valence-corrected chi connectivity index (χ0v) is 5.90. The van der Waals surface area contributed by atoms with Gasteiger partial charge in [-0.2, -0.15) is 0 Å². The Bertz CT molecular complexity index is 250. The van der Waals surface area contributed by atoms with E-state index in [1.54, 1.807) is 6.20 Å². The molecule has 0 bridgehead atoms. The number of rotatable bonds is 1. The third-order valence-corrected chi connectivity index (χ3v) is 1.54. The molecule has 3 heteroatoms. The average Bonchev–Trinajstić information content (AvgIpc) is 2.58. The lowest BCUT2D eigenvalue weighted by Crippen LogP contribution is -1.97. The van der Waals surface area contributed by atoms with E-state index < -0.39 is 0 Å². The lowest BCUT2D eigenvalue weighted by Gasteiger charge is -2.04. The van der Waals surface area contributed by atoms with Gasteiger partial charge in [0.05, 0.1) is 5.69 Å². The summed E-state index contributed by atoms with van der Waals surface area (Å²) in [6, 6.07) is 5.74. The van der Waals surface area contributed by atoms with Crippen LogP contribution in [0.15, 0.2) is 29.6 Å². The van der Waals surface area contributed by atoms with Crippen LogP contribution in [0.4, 0.5) is 0 Å². The first-order chi connectivity index (χ1) is 5.47. The first kappa shape index (κ1) is 6.34. The van der Waals surface area contributed by atoms with E-state index in [9.17, 15) is 0 Å². The Hall–Kier alpha value is -1.38. The number of hydrogen-bond acceptors (Lipinski definition) is 3. The summed E-state index contributed by atoms with van der Waals surface area (Å²) in [5, 5.41) is 3.55. The summed E-state index contributed by atoms with van der Waals surface area (Å²) in [7, 11) is 0. The van der Waals surface area contributed by atoms with Crippen molar-refractivity contribution in [3.63, 3.8) is 0 Å². The van der Waals surface area contributed by atoms with E-state index in [1.807, 2.05) is 18.2 Å². The van der Waals surface area contributed by atoms with Crippen LogP contribution in [0.25, 0.3) is 0 Å². The molecule has 3 nitrogen and oxygen atoms in total. The smallest absolute Gasteiger partial charge is 0.175 e. The van der Waals surface area contributed by atoms with Crippen molar-refractivity contribution in [3.8, 4) is 0 Å². The van der Waals surface area contributed by atoms with Gasteiger partial charge in [-0.3, -0.25) is 4.98 Å². The Morgan fingerprint density at radius 1 is 1.55 bits per heavy atom. The highest BCUT2D eigenvalue weighted by atomic mass is 16.6. The molecular weight excluding hydrogens is 140 g/mol. The molecule has 2 heterocycles. The van der Waals surface area contributed by atoms with Crippen LogP contribution in [0, 0.1) is 0 Å². The van der Waals surface area contributed by atoms with Crippen molar-refractivity contribution in [2.75, 3.05) is 0 Å². The van der Waals surface area contributed by atoms with Crippen LogP contribution in [-0.4, -0.2) is 11.2 Å². The second kappa shape index (κ2) is 2.70. The maximum absolute atomic E-state index is 4.99. The topological polar surface area (TPSA) is 34.5 Å². The predicted molar refractivity (Wildman–Crippen MR) is 40.1 cm³/mol. The van der Waals surface area contributed by atoms with Gasteiger partial charge in [0.2, 0.25) is 0 Å². The van der Waals surface area contributed by atoms with Crippen molar-refractivity contribution in [1.29, 1.82) is 0 Å². The Labute approximate surface area is 64.7 Å². The van der Waals surface area contributed by atoms with Crippen LogP contribution < -0.4 is 0 Å². The molecule has 0 fully saturated rings. The highest BCUT2D eigenvalue weighted by molar-refractivity contribution is 5.58. The molecule has 0 amide bonds. The Morgan fingerprint density at radius 3 is 3.18 bits per heavy atom. The highest BCUT2D eigenvalue weighted by Crippen LogP contribution is 2.21. The zero-order chi connectivity index (χ0) is 7.52. The summed E-state index contributed by atoms with van der Waals surface area (Å²) in [6.07, 6.45) is 5.17. The Morgan fingerprint density at radius 2 is 2.55 bits per heavy atom. The fraction of sp³-hybridized carbons (Fsp3) is 0.250. The van der Waals surface area contributed by atoms with Gasteiger partial charge in [0.25, 0.3) is 0 Å². The van der Waals surface area contributed by atoms with Crippen LogP contribution in [0.3, 0.4) is 0 Å². The number of hydrogen-bond donors (Lipinski definition) is 0. The molecule has 0 saturated heterocycles. The molecule has 1 radical (unpaired) electrons. The summed E-state index contributed by atoms with van der Waals surface area (Å²) < 4.78 is 0. The van der Waals surface area contributed by atoms with Crippen molar-refractivity contribution in [2.24, 2.45) is 5.16 Å². The van der Waals surface area contributed by atoms with E-state index in [0.29, 0.717) is 6.42 Å². The number of pyridine rings is 1. The Kier molecular flexibility index (Phi) is 1.55. The van der Waals surface area contributed by atoms with Gasteiger partial charge in [0.15, 0.2) is 6.10 Å². The van der Waals surface area contributed by atoms with Crippen LogP contribution >= 0.6 is 0 Å². The van der Waals surface area contributed by atoms with Gasteiger partial charge in [0, 0.05) is 12.6 Å². The molecule has 1 aliphatic rings. The normalized spacial score (nSPS) is 21.6.